The summed E-state index contributed by atoms with van der Waals surface area (Å²) in [4.78, 5) is 12.1. The molecule has 1 heterocycles. The predicted octanol–water partition coefficient (Wildman–Crippen LogP) is 3.97. The number of nitrogens with zero attached hydrogens (tertiary/aromatic N) is 2. The van der Waals surface area contributed by atoms with E-state index in [4.69, 9.17) is 16.3 Å². The van der Waals surface area contributed by atoms with E-state index in [0.29, 0.717) is 23.2 Å². The van der Waals surface area contributed by atoms with Gasteiger partial charge in [0.15, 0.2) is 5.82 Å². The molecule has 0 aliphatic rings. The van der Waals surface area contributed by atoms with Gasteiger partial charge in [0.05, 0.1) is 13.5 Å². The van der Waals surface area contributed by atoms with Gasteiger partial charge < -0.3 is 15.4 Å². The van der Waals surface area contributed by atoms with Gasteiger partial charge in [0, 0.05) is 11.6 Å². The molecular weight excluding hydrogens is 376 g/mol. The molecule has 0 radical (unpaired) electrons. The van der Waals surface area contributed by atoms with Crippen LogP contribution in [-0.2, 0) is 17.6 Å². The molecule has 0 aliphatic carbocycles. The minimum absolute atomic E-state index is 0.157. The van der Waals surface area contributed by atoms with E-state index >= 15 is 0 Å². The fourth-order valence-electron chi connectivity index (χ4n) is 2.63. The lowest BCUT2D eigenvalue weighted by molar-refractivity contribution is -0.115. The lowest BCUT2D eigenvalue weighted by Crippen LogP contribution is -2.16. The number of anilines is 2. The SMILES string of the molecule is COc1cccc(CCNc2ccc(NC(=O)Cc3ccc(Cl)cc3)nn2)c1. The Kier molecular flexibility index (Phi) is 6.81. The third-order valence-electron chi connectivity index (χ3n) is 4.06. The Hall–Kier alpha value is -3.12. The van der Waals surface area contributed by atoms with Crippen LogP contribution >= 0.6 is 11.6 Å². The van der Waals surface area contributed by atoms with Gasteiger partial charge in [0.25, 0.3) is 0 Å². The van der Waals surface area contributed by atoms with E-state index in [1.165, 1.54) is 5.56 Å². The average Bonchev–Trinajstić information content (AvgIpc) is 2.71. The quantitative estimate of drug-likeness (QED) is 0.602. The van der Waals surface area contributed by atoms with Crippen molar-refractivity contribution in [3.8, 4) is 5.75 Å². The zero-order chi connectivity index (χ0) is 19.8. The molecule has 0 fully saturated rings. The van der Waals surface area contributed by atoms with Crippen LogP contribution in [0.15, 0.2) is 60.7 Å². The lowest BCUT2D eigenvalue weighted by Gasteiger charge is -2.08. The molecule has 3 aromatic rings. The Morgan fingerprint density at radius 1 is 1.00 bits per heavy atom. The standard InChI is InChI=1S/C21H21ClN4O2/c1-28-18-4-2-3-15(13-18)11-12-23-19-9-10-20(26-25-19)24-21(27)14-16-5-7-17(22)8-6-16/h2-10,13H,11-12,14H2,1H3,(H,23,25)(H,24,26,27). The lowest BCUT2D eigenvalue weighted by atomic mass is 10.1. The number of benzene rings is 2. The summed E-state index contributed by atoms with van der Waals surface area (Å²) in [7, 11) is 1.66. The van der Waals surface area contributed by atoms with E-state index in [9.17, 15) is 4.79 Å². The maximum atomic E-state index is 12.1. The molecule has 7 heteroatoms. The molecule has 0 unspecified atom stereocenters. The fourth-order valence-corrected chi connectivity index (χ4v) is 2.76. The van der Waals surface area contributed by atoms with Crippen LogP contribution in [0.3, 0.4) is 0 Å². The molecule has 1 amide bonds. The van der Waals surface area contributed by atoms with Gasteiger partial charge in [-0.15, -0.1) is 10.2 Å². The molecule has 144 valence electrons. The van der Waals surface area contributed by atoms with Gasteiger partial charge in [-0.1, -0.05) is 35.9 Å². The highest BCUT2D eigenvalue weighted by Gasteiger charge is 2.06. The third kappa shape index (κ3) is 5.96. The first-order chi connectivity index (χ1) is 13.6. The number of nitrogens with one attached hydrogen (secondary N) is 2. The minimum Gasteiger partial charge on any atom is -0.497 e. The number of rotatable bonds is 8. The van der Waals surface area contributed by atoms with Gasteiger partial charge >= 0.3 is 0 Å². The van der Waals surface area contributed by atoms with E-state index in [0.717, 1.165) is 17.7 Å². The van der Waals surface area contributed by atoms with Crippen molar-refractivity contribution in [3.63, 3.8) is 0 Å². The fraction of sp³-hybridized carbons (Fsp3) is 0.190. The first-order valence-corrected chi connectivity index (χ1v) is 9.25. The van der Waals surface area contributed by atoms with Gasteiger partial charge in [0.2, 0.25) is 5.91 Å². The molecule has 0 bridgehead atoms. The van der Waals surface area contributed by atoms with Crippen molar-refractivity contribution in [1.29, 1.82) is 0 Å². The topological polar surface area (TPSA) is 76.1 Å². The van der Waals surface area contributed by atoms with Gasteiger partial charge in [-0.2, -0.15) is 0 Å². The molecule has 3 rings (SSSR count). The number of methoxy groups -OCH3 is 1. The first-order valence-electron chi connectivity index (χ1n) is 8.87. The smallest absolute Gasteiger partial charge is 0.229 e. The van der Waals surface area contributed by atoms with E-state index in [1.54, 1.807) is 31.4 Å². The molecule has 6 nitrogen and oxygen atoms in total. The van der Waals surface area contributed by atoms with Gasteiger partial charge in [-0.25, -0.2) is 0 Å². The van der Waals surface area contributed by atoms with Crippen LogP contribution in [0, 0.1) is 0 Å². The van der Waals surface area contributed by atoms with Crippen molar-refractivity contribution >= 4 is 29.1 Å². The Bertz CT molecular complexity index is 914. The summed E-state index contributed by atoms with van der Waals surface area (Å²) in [5.74, 6) is 1.75. The number of halogens is 1. The highest BCUT2D eigenvalue weighted by molar-refractivity contribution is 6.30. The zero-order valence-corrected chi connectivity index (χ0v) is 16.2. The number of carbonyl (C=O) groups is 1. The predicted molar refractivity (Wildman–Crippen MR) is 111 cm³/mol. The number of aromatic nitrogens is 2. The second-order valence-corrected chi connectivity index (χ2v) is 6.62. The Morgan fingerprint density at radius 3 is 2.46 bits per heavy atom. The molecule has 1 aromatic heterocycles. The van der Waals surface area contributed by atoms with Gasteiger partial charge in [0.1, 0.15) is 11.6 Å². The summed E-state index contributed by atoms with van der Waals surface area (Å²) in [5, 5.41) is 14.7. The normalized spacial score (nSPS) is 10.4. The Labute approximate surface area is 168 Å². The molecule has 28 heavy (non-hydrogen) atoms. The van der Waals surface area contributed by atoms with Crippen molar-refractivity contribution in [1.82, 2.24) is 10.2 Å². The third-order valence-corrected chi connectivity index (χ3v) is 4.32. The van der Waals surface area contributed by atoms with Crippen molar-refractivity contribution in [2.24, 2.45) is 0 Å². The molecule has 0 saturated heterocycles. The minimum atomic E-state index is -0.157. The molecule has 0 spiro atoms. The van der Waals surface area contributed by atoms with E-state index in [2.05, 4.69) is 26.9 Å². The number of hydrogen-bond acceptors (Lipinski definition) is 5. The Morgan fingerprint density at radius 2 is 1.75 bits per heavy atom. The van der Waals surface area contributed by atoms with E-state index in [-0.39, 0.29) is 12.3 Å². The second-order valence-electron chi connectivity index (χ2n) is 6.18. The van der Waals surface area contributed by atoms with Crippen LogP contribution in [0.2, 0.25) is 5.02 Å². The largest absolute Gasteiger partial charge is 0.497 e. The van der Waals surface area contributed by atoms with Crippen LogP contribution in [-0.4, -0.2) is 29.8 Å². The van der Waals surface area contributed by atoms with E-state index in [1.807, 2.05) is 30.3 Å². The second kappa shape index (κ2) is 9.71. The molecule has 0 aliphatic heterocycles. The van der Waals surface area contributed by atoms with Crippen LogP contribution in [0.5, 0.6) is 5.75 Å². The maximum absolute atomic E-state index is 12.1. The number of ether oxygens (including phenoxy) is 1. The van der Waals surface area contributed by atoms with Crippen LogP contribution in [0.25, 0.3) is 0 Å². The first kappa shape index (κ1) is 19.6. The summed E-state index contributed by atoms with van der Waals surface area (Å²) in [6.45, 7) is 0.712. The van der Waals surface area contributed by atoms with Crippen molar-refractivity contribution < 1.29 is 9.53 Å². The molecular formula is C21H21ClN4O2. The van der Waals surface area contributed by atoms with Crippen molar-refractivity contribution in [2.75, 3.05) is 24.3 Å². The summed E-state index contributed by atoms with van der Waals surface area (Å²) in [6.07, 6.45) is 1.08. The van der Waals surface area contributed by atoms with Crippen molar-refractivity contribution in [3.05, 3.63) is 76.8 Å². The highest BCUT2D eigenvalue weighted by Crippen LogP contribution is 2.14. The maximum Gasteiger partial charge on any atom is 0.229 e. The number of carbonyl (C=O) groups excluding carboxylic acids is 1. The number of amides is 1. The summed E-state index contributed by atoms with van der Waals surface area (Å²) < 4.78 is 5.22. The summed E-state index contributed by atoms with van der Waals surface area (Å²) in [5.41, 5.74) is 2.05. The molecule has 0 atom stereocenters. The average molecular weight is 397 g/mol. The zero-order valence-electron chi connectivity index (χ0n) is 15.5. The van der Waals surface area contributed by atoms with Gasteiger partial charge in [-0.3, -0.25) is 4.79 Å². The Balaban J connectivity index is 1.46. The molecule has 2 aromatic carbocycles. The summed E-state index contributed by atoms with van der Waals surface area (Å²) >= 11 is 5.85. The van der Waals surface area contributed by atoms with Crippen molar-refractivity contribution in [2.45, 2.75) is 12.8 Å². The monoisotopic (exact) mass is 396 g/mol. The van der Waals surface area contributed by atoms with Gasteiger partial charge in [-0.05, 0) is 53.9 Å². The molecule has 2 N–H and O–H groups in total. The summed E-state index contributed by atoms with van der Waals surface area (Å²) in [6, 6.07) is 18.6. The molecule has 0 saturated carbocycles. The van der Waals surface area contributed by atoms with Crippen LogP contribution < -0.4 is 15.4 Å². The van der Waals surface area contributed by atoms with Crippen LogP contribution in [0.4, 0.5) is 11.6 Å². The number of hydrogen-bond donors (Lipinski definition) is 2. The van der Waals surface area contributed by atoms with E-state index < -0.39 is 0 Å². The van der Waals surface area contributed by atoms with Crippen LogP contribution in [0.1, 0.15) is 11.1 Å². The highest BCUT2D eigenvalue weighted by atomic mass is 35.5.